The molecule has 8 nitrogen and oxygen atoms in total. The smallest absolute Gasteiger partial charge is 0.306 e. The van der Waals surface area contributed by atoms with E-state index in [-0.39, 0.29) is 49.1 Å². The largest absolute Gasteiger partial charge is 0.544 e. The SMILES string of the molecule is CCCCC/C=C/C/C=C/C/C=C/C/C=C/CCCC(=O)OC(COCCC(C(=O)[O-])[N+](C)(C)C)COC(=O)CCCCC/C=C/CCCCCCCCC. The van der Waals surface area contributed by atoms with E-state index in [1.165, 1.54) is 70.6 Å². The number of aliphatic carboxylic acids is 1. The molecule has 0 aliphatic rings. The molecule has 0 aromatic carbocycles. The van der Waals surface area contributed by atoms with Gasteiger partial charge in [-0.25, -0.2) is 0 Å². The number of carbonyl (C=O) groups is 3. The number of nitrogens with zero attached hydrogens (tertiary/aromatic N) is 1. The van der Waals surface area contributed by atoms with Crippen molar-refractivity contribution < 1.29 is 38.2 Å². The molecule has 0 N–H and O–H groups in total. The second kappa shape index (κ2) is 37.9. The average molecular weight is 772 g/mol. The minimum Gasteiger partial charge on any atom is -0.544 e. The van der Waals surface area contributed by atoms with Crippen LogP contribution in [0.25, 0.3) is 0 Å². The Bertz CT molecular complexity index is 1090. The number of carboxylic acids is 1. The normalized spacial score (nSPS) is 13.5. The van der Waals surface area contributed by atoms with E-state index in [1.54, 1.807) is 21.1 Å². The van der Waals surface area contributed by atoms with Crippen LogP contribution in [0.1, 0.15) is 168 Å². The second-order valence-corrected chi connectivity index (χ2v) is 15.6. The van der Waals surface area contributed by atoms with Gasteiger partial charge in [-0.1, -0.05) is 132 Å². The molecule has 316 valence electrons. The zero-order chi connectivity index (χ0) is 40.7. The number of ether oxygens (including phenoxy) is 3. The molecule has 0 bridgehead atoms. The predicted octanol–water partition coefficient (Wildman–Crippen LogP) is 10.5. The number of carbonyl (C=O) groups excluding carboxylic acids is 3. The van der Waals surface area contributed by atoms with Gasteiger partial charge in [0.1, 0.15) is 12.6 Å². The van der Waals surface area contributed by atoms with Gasteiger partial charge in [0.15, 0.2) is 6.10 Å². The lowest BCUT2D eigenvalue weighted by Gasteiger charge is -2.34. The van der Waals surface area contributed by atoms with Crippen molar-refractivity contribution in [3.63, 3.8) is 0 Å². The Kier molecular flexibility index (Phi) is 35.9. The van der Waals surface area contributed by atoms with E-state index in [0.717, 1.165) is 57.8 Å². The van der Waals surface area contributed by atoms with Gasteiger partial charge < -0.3 is 28.6 Å². The molecule has 0 aromatic rings. The highest BCUT2D eigenvalue weighted by Gasteiger charge is 2.25. The Morgan fingerprint density at radius 1 is 0.545 bits per heavy atom. The lowest BCUT2D eigenvalue weighted by molar-refractivity contribution is -0.889. The molecule has 0 radical (unpaired) electrons. The monoisotopic (exact) mass is 772 g/mol. The van der Waals surface area contributed by atoms with Crippen LogP contribution in [-0.2, 0) is 28.6 Å². The topological polar surface area (TPSA) is 102 Å². The van der Waals surface area contributed by atoms with Gasteiger partial charge in [0.25, 0.3) is 0 Å². The number of unbranched alkanes of at least 4 members (excludes halogenated alkanes) is 14. The number of hydrogen-bond acceptors (Lipinski definition) is 7. The van der Waals surface area contributed by atoms with Crippen LogP contribution in [0.2, 0.25) is 0 Å². The number of hydrogen-bond donors (Lipinski definition) is 0. The molecule has 8 heteroatoms. The maximum Gasteiger partial charge on any atom is 0.306 e. The number of rotatable bonds is 38. The number of likely N-dealkylation sites (N-methyl/N-ethyl adjacent to an activating group) is 1. The van der Waals surface area contributed by atoms with Gasteiger partial charge in [-0.05, 0) is 77.0 Å². The summed E-state index contributed by atoms with van der Waals surface area (Å²) >= 11 is 0. The molecule has 0 amide bonds. The van der Waals surface area contributed by atoms with Crippen LogP contribution in [0.3, 0.4) is 0 Å². The van der Waals surface area contributed by atoms with Crippen LogP contribution in [0.5, 0.6) is 0 Å². The number of carboxylic acid groups (broad SMARTS) is 1. The van der Waals surface area contributed by atoms with Crippen LogP contribution in [0.15, 0.2) is 60.8 Å². The van der Waals surface area contributed by atoms with Crippen molar-refractivity contribution in [3.05, 3.63) is 60.8 Å². The van der Waals surface area contributed by atoms with Gasteiger partial charge in [0.05, 0.1) is 40.3 Å². The third-order valence-corrected chi connectivity index (χ3v) is 9.38. The van der Waals surface area contributed by atoms with E-state index in [2.05, 4.69) is 74.6 Å². The summed E-state index contributed by atoms with van der Waals surface area (Å²) in [5.74, 6) is -1.83. The summed E-state index contributed by atoms with van der Waals surface area (Å²) in [5, 5.41) is 11.6. The average Bonchev–Trinajstić information content (AvgIpc) is 3.14. The van der Waals surface area contributed by atoms with Gasteiger partial charge in [-0.15, -0.1) is 0 Å². The molecule has 0 aliphatic carbocycles. The van der Waals surface area contributed by atoms with Crippen molar-refractivity contribution in [2.75, 3.05) is 41.0 Å². The summed E-state index contributed by atoms with van der Waals surface area (Å²) < 4.78 is 17.1. The predicted molar refractivity (Wildman–Crippen MR) is 226 cm³/mol. The van der Waals surface area contributed by atoms with E-state index in [4.69, 9.17) is 14.2 Å². The molecule has 55 heavy (non-hydrogen) atoms. The molecule has 2 atom stereocenters. The molecule has 0 saturated heterocycles. The van der Waals surface area contributed by atoms with Crippen molar-refractivity contribution in [1.29, 1.82) is 0 Å². The lowest BCUT2D eigenvalue weighted by atomic mass is 10.1. The first-order valence-corrected chi connectivity index (χ1v) is 21.8. The maximum absolute atomic E-state index is 12.7. The van der Waals surface area contributed by atoms with Gasteiger partial charge in [0.2, 0.25) is 0 Å². The molecule has 0 rings (SSSR count). The quantitative estimate of drug-likeness (QED) is 0.0266. The minimum absolute atomic E-state index is 0.0122. The zero-order valence-electron chi connectivity index (χ0n) is 35.8. The summed E-state index contributed by atoms with van der Waals surface area (Å²) in [6, 6.07) is -0.739. The second-order valence-electron chi connectivity index (χ2n) is 15.6. The highest BCUT2D eigenvalue weighted by molar-refractivity contribution is 5.70. The van der Waals surface area contributed by atoms with Crippen LogP contribution in [0, 0.1) is 0 Å². The molecular weight excluding hydrogens is 691 g/mol. The molecule has 0 fully saturated rings. The molecule has 2 unspecified atom stereocenters. The van der Waals surface area contributed by atoms with E-state index in [0.29, 0.717) is 12.8 Å². The fourth-order valence-corrected chi connectivity index (χ4v) is 5.94. The van der Waals surface area contributed by atoms with Crippen LogP contribution in [0.4, 0.5) is 0 Å². The summed E-state index contributed by atoms with van der Waals surface area (Å²) in [5.41, 5.74) is 0. The Balaban J connectivity index is 4.49. The Hall–Kier alpha value is -2.97. The van der Waals surface area contributed by atoms with Crippen molar-refractivity contribution in [3.8, 4) is 0 Å². The summed E-state index contributed by atoms with van der Waals surface area (Å²) in [6.07, 6.45) is 45.4. The molecule has 0 heterocycles. The maximum atomic E-state index is 12.7. The number of esters is 2. The number of quaternary nitrogens is 1. The lowest BCUT2D eigenvalue weighted by Crippen LogP contribution is -2.55. The van der Waals surface area contributed by atoms with Crippen molar-refractivity contribution in [2.24, 2.45) is 0 Å². The van der Waals surface area contributed by atoms with E-state index < -0.39 is 18.1 Å². The fraction of sp³-hybridized carbons (Fsp3) is 0.723. The molecule has 0 aliphatic heterocycles. The first-order chi connectivity index (χ1) is 26.6. The third kappa shape index (κ3) is 36.4. The van der Waals surface area contributed by atoms with Gasteiger partial charge in [0, 0.05) is 19.3 Å². The molecule has 0 spiro atoms. The minimum atomic E-state index is -1.14. The van der Waals surface area contributed by atoms with Gasteiger partial charge >= 0.3 is 11.9 Å². The molecular formula is C47H81NO7. The standard InChI is InChI=1S/C47H81NO7/c1-6-8-10-12-14-16-18-20-22-23-24-26-28-30-32-34-36-38-46(50)55-43(41-53-40-39-44(47(51)52)48(3,4)5)42-54-45(49)37-35-33-31-29-27-25-21-19-17-15-13-11-9-7-2/h14,16,20,22,24-27,30,32,43-44H,6-13,15,17-19,21,23,28-29,31,33-42H2,1-5H3/b16-14+,22-20+,26-24+,27-25+,32-30+. The molecule has 0 saturated carbocycles. The van der Waals surface area contributed by atoms with Gasteiger partial charge in [-0.2, -0.15) is 0 Å². The Labute approximate surface area is 337 Å². The van der Waals surface area contributed by atoms with E-state index in [9.17, 15) is 19.5 Å². The fourth-order valence-electron chi connectivity index (χ4n) is 5.94. The highest BCUT2D eigenvalue weighted by atomic mass is 16.6. The van der Waals surface area contributed by atoms with Crippen molar-refractivity contribution in [2.45, 2.75) is 180 Å². The van der Waals surface area contributed by atoms with Crippen LogP contribution in [-0.4, -0.2) is 75.5 Å². The number of allylic oxidation sites excluding steroid dienone is 10. The first-order valence-electron chi connectivity index (χ1n) is 21.8. The third-order valence-electron chi connectivity index (χ3n) is 9.38. The Morgan fingerprint density at radius 3 is 1.53 bits per heavy atom. The van der Waals surface area contributed by atoms with Crippen molar-refractivity contribution in [1.82, 2.24) is 0 Å². The molecule has 0 aromatic heterocycles. The van der Waals surface area contributed by atoms with Crippen LogP contribution >= 0.6 is 0 Å². The van der Waals surface area contributed by atoms with Gasteiger partial charge in [-0.3, -0.25) is 9.59 Å². The summed E-state index contributed by atoms with van der Waals surface area (Å²) in [6.45, 7) is 4.54. The Morgan fingerprint density at radius 2 is 0.982 bits per heavy atom. The first kappa shape index (κ1) is 52.0. The summed E-state index contributed by atoms with van der Waals surface area (Å²) in [4.78, 5) is 36.8. The zero-order valence-corrected chi connectivity index (χ0v) is 35.8. The summed E-state index contributed by atoms with van der Waals surface area (Å²) in [7, 11) is 5.38. The van der Waals surface area contributed by atoms with E-state index in [1.807, 2.05) is 0 Å². The van der Waals surface area contributed by atoms with E-state index >= 15 is 0 Å². The van der Waals surface area contributed by atoms with Crippen LogP contribution < -0.4 is 5.11 Å². The highest BCUT2D eigenvalue weighted by Crippen LogP contribution is 2.12. The van der Waals surface area contributed by atoms with Crippen molar-refractivity contribution >= 4 is 17.9 Å².